The van der Waals surface area contributed by atoms with Gasteiger partial charge in [0.25, 0.3) is 0 Å². The summed E-state index contributed by atoms with van der Waals surface area (Å²) >= 11 is 5.42. The predicted octanol–water partition coefficient (Wildman–Crippen LogP) is 2.87. The molecule has 0 aliphatic rings. The Morgan fingerprint density at radius 1 is 1.50 bits per heavy atom. The molecule has 0 amide bonds. The Balaban J connectivity index is 3.02. The van der Waals surface area contributed by atoms with Crippen molar-refractivity contribution in [3.05, 3.63) is 29.3 Å². The van der Waals surface area contributed by atoms with E-state index in [1.165, 1.54) is 0 Å². The van der Waals surface area contributed by atoms with Crippen molar-refractivity contribution in [2.75, 3.05) is 7.11 Å². The number of carbonyl (C=O) groups excluding carboxylic acids is 1. The molecule has 0 aromatic heterocycles. The number of halogens is 1. The van der Waals surface area contributed by atoms with Gasteiger partial charge in [-0.15, -0.1) is 0 Å². The summed E-state index contributed by atoms with van der Waals surface area (Å²) in [6.07, 6.45) is 0. The zero-order valence-corrected chi connectivity index (χ0v) is 9.26. The second kappa shape index (κ2) is 4.47. The quantitative estimate of drug-likeness (QED) is 0.721. The zero-order chi connectivity index (χ0) is 10.7. The van der Waals surface area contributed by atoms with E-state index in [9.17, 15) is 4.79 Å². The van der Waals surface area contributed by atoms with Gasteiger partial charge in [-0.2, -0.15) is 0 Å². The summed E-state index contributed by atoms with van der Waals surface area (Å²) in [7, 11) is 1.62. The molecule has 1 aromatic carbocycles. The number of carbonyl (C=O) groups is 1. The highest BCUT2D eigenvalue weighted by molar-refractivity contribution is 6.64. The van der Waals surface area contributed by atoms with Crippen molar-refractivity contribution in [2.24, 2.45) is 0 Å². The predicted molar refractivity (Wildman–Crippen MR) is 57.0 cm³/mol. The molecule has 0 radical (unpaired) electrons. The second-order valence-corrected chi connectivity index (χ2v) is 3.63. The van der Waals surface area contributed by atoms with Crippen molar-refractivity contribution in [1.29, 1.82) is 0 Å². The lowest BCUT2D eigenvalue weighted by molar-refractivity contribution is -0.112. The van der Waals surface area contributed by atoms with Gasteiger partial charge >= 0.3 is 0 Å². The number of benzene rings is 1. The highest BCUT2D eigenvalue weighted by Crippen LogP contribution is 2.24. The first-order valence-corrected chi connectivity index (χ1v) is 4.78. The van der Waals surface area contributed by atoms with E-state index >= 15 is 0 Å². The standard InChI is InChI=1S/C11H13ClO2/c1-7-6-9(8(2)11(12)13)4-5-10(7)14-3/h4-6,8H,1-3H3. The van der Waals surface area contributed by atoms with Gasteiger partial charge in [-0.25, -0.2) is 0 Å². The van der Waals surface area contributed by atoms with Crippen LogP contribution in [0.3, 0.4) is 0 Å². The van der Waals surface area contributed by atoms with Gasteiger partial charge < -0.3 is 4.74 Å². The molecule has 0 aliphatic carbocycles. The molecule has 76 valence electrons. The van der Waals surface area contributed by atoms with E-state index in [-0.39, 0.29) is 11.2 Å². The van der Waals surface area contributed by atoms with Crippen LogP contribution in [0.15, 0.2) is 18.2 Å². The minimum Gasteiger partial charge on any atom is -0.496 e. The molecule has 1 atom stereocenters. The highest BCUT2D eigenvalue weighted by Gasteiger charge is 2.13. The summed E-state index contributed by atoms with van der Waals surface area (Å²) in [4.78, 5) is 10.9. The first-order chi connectivity index (χ1) is 6.56. The van der Waals surface area contributed by atoms with Crippen molar-refractivity contribution in [3.63, 3.8) is 0 Å². The van der Waals surface area contributed by atoms with Crippen LogP contribution in [0.4, 0.5) is 0 Å². The van der Waals surface area contributed by atoms with Crippen LogP contribution in [0.2, 0.25) is 0 Å². The lowest BCUT2D eigenvalue weighted by Crippen LogP contribution is -2.02. The third-order valence-electron chi connectivity index (χ3n) is 2.26. The molecule has 0 heterocycles. The molecule has 1 rings (SSSR count). The normalized spacial score (nSPS) is 12.3. The molecule has 0 saturated heterocycles. The highest BCUT2D eigenvalue weighted by atomic mass is 35.5. The number of rotatable bonds is 3. The molecule has 2 nitrogen and oxygen atoms in total. The maximum atomic E-state index is 10.9. The lowest BCUT2D eigenvalue weighted by Gasteiger charge is -2.10. The number of aryl methyl sites for hydroxylation is 1. The summed E-state index contributed by atoms with van der Waals surface area (Å²) in [6.45, 7) is 3.73. The minimum absolute atomic E-state index is 0.263. The van der Waals surface area contributed by atoms with Crippen LogP contribution >= 0.6 is 11.6 Å². The van der Waals surface area contributed by atoms with E-state index in [0.717, 1.165) is 16.9 Å². The van der Waals surface area contributed by atoms with Gasteiger partial charge in [-0.05, 0) is 35.7 Å². The molecule has 3 heteroatoms. The van der Waals surface area contributed by atoms with Crippen LogP contribution in [-0.2, 0) is 4.79 Å². The van der Waals surface area contributed by atoms with Gasteiger partial charge in [-0.1, -0.05) is 19.1 Å². The van der Waals surface area contributed by atoms with Crippen LogP contribution < -0.4 is 4.74 Å². The van der Waals surface area contributed by atoms with Crippen LogP contribution in [0, 0.1) is 6.92 Å². The average molecular weight is 213 g/mol. The molecular formula is C11H13ClO2. The van der Waals surface area contributed by atoms with Gasteiger partial charge in [0.2, 0.25) is 5.24 Å². The summed E-state index contributed by atoms with van der Waals surface area (Å²) in [5.74, 6) is 0.559. The van der Waals surface area contributed by atoms with Crippen molar-refractivity contribution < 1.29 is 9.53 Å². The molecule has 0 saturated carbocycles. The first kappa shape index (κ1) is 11.1. The van der Waals surface area contributed by atoms with Crippen molar-refractivity contribution in [1.82, 2.24) is 0 Å². The van der Waals surface area contributed by atoms with Crippen molar-refractivity contribution in [2.45, 2.75) is 19.8 Å². The van der Waals surface area contributed by atoms with E-state index in [1.807, 2.05) is 25.1 Å². The lowest BCUT2D eigenvalue weighted by atomic mass is 10.0. The van der Waals surface area contributed by atoms with Crippen LogP contribution in [-0.4, -0.2) is 12.4 Å². The summed E-state index contributed by atoms with van der Waals surface area (Å²) in [6, 6.07) is 5.63. The Hall–Kier alpha value is -1.02. The first-order valence-electron chi connectivity index (χ1n) is 4.40. The van der Waals surface area contributed by atoms with E-state index in [4.69, 9.17) is 16.3 Å². The van der Waals surface area contributed by atoms with Crippen molar-refractivity contribution in [3.8, 4) is 5.75 Å². The molecule has 0 spiro atoms. The molecule has 0 bridgehead atoms. The Morgan fingerprint density at radius 3 is 2.57 bits per heavy atom. The number of hydrogen-bond donors (Lipinski definition) is 0. The van der Waals surface area contributed by atoms with E-state index in [1.54, 1.807) is 14.0 Å². The van der Waals surface area contributed by atoms with E-state index < -0.39 is 0 Å². The van der Waals surface area contributed by atoms with Crippen LogP contribution in [0.1, 0.15) is 24.0 Å². The topological polar surface area (TPSA) is 26.3 Å². The minimum atomic E-state index is -0.338. The van der Waals surface area contributed by atoms with Gasteiger partial charge in [0.1, 0.15) is 5.75 Å². The molecule has 1 unspecified atom stereocenters. The second-order valence-electron chi connectivity index (χ2n) is 3.25. The van der Waals surface area contributed by atoms with Gasteiger partial charge in [-0.3, -0.25) is 4.79 Å². The third kappa shape index (κ3) is 2.26. The Bertz CT molecular complexity index is 347. The monoisotopic (exact) mass is 212 g/mol. The Morgan fingerprint density at radius 2 is 2.14 bits per heavy atom. The molecule has 0 aliphatic heterocycles. The molecule has 1 aromatic rings. The summed E-state index contributed by atoms with van der Waals surface area (Å²) in [5.41, 5.74) is 1.93. The smallest absolute Gasteiger partial charge is 0.228 e. The van der Waals surface area contributed by atoms with Crippen LogP contribution in [0.25, 0.3) is 0 Å². The van der Waals surface area contributed by atoms with E-state index in [2.05, 4.69) is 0 Å². The van der Waals surface area contributed by atoms with Gasteiger partial charge in [0.05, 0.1) is 13.0 Å². The Kier molecular flexibility index (Phi) is 3.53. The SMILES string of the molecule is COc1ccc(C(C)C(=O)Cl)cc1C. The molecule has 0 N–H and O–H groups in total. The molecule has 14 heavy (non-hydrogen) atoms. The maximum Gasteiger partial charge on any atom is 0.228 e. The fourth-order valence-corrected chi connectivity index (χ4v) is 1.43. The third-order valence-corrected chi connectivity index (χ3v) is 2.59. The number of ether oxygens (including phenoxy) is 1. The molecular weight excluding hydrogens is 200 g/mol. The maximum absolute atomic E-state index is 10.9. The number of hydrogen-bond acceptors (Lipinski definition) is 2. The fraction of sp³-hybridized carbons (Fsp3) is 0.364. The van der Waals surface area contributed by atoms with Gasteiger partial charge in [0.15, 0.2) is 0 Å². The molecule has 0 fully saturated rings. The zero-order valence-electron chi connectivity index (χ0n) is 8.50. The average Bonchev–Trinajstić information content (AvgIpc) is 2.16. The van der Waals surface area contributed by atoms with E-state index in [0.29, 0.717) is 0 Å². The Labute approximate surface area is 88.8 Å². The number of methoxy groups -OCH3 is 1. The fourth-order valence-electron chi connectivity index (χ4n) is 1.30. The van der Waals surface area contributed by atoms with Crippen molar-refractivity contribution >= 4 is 16.8 Å². The van der Waals surface area contributed by atoms with Crippen LogP contribution in [0.5, 0.6) is 5.75 Å². The summed E-state index contributed by atoms with van der Waals surface area (Å²) in [5, 5.41) is -0.338. The largest absolute Gasteiger partial charge is 0.496 e. The summed E-state index contributed by atoms with van der Waals surface area (Å²) < 4.78 is 5.12. The van der Waals surface area contributed by atoms with Gasteiger partial charge in [0, 0.05) is 0 Å².